The topological polar surface area (TPSA) is 80.8 Å². The Morgan fingerprint density at radius 1 is 1.08 bits per heavy atom. The molecule has 0 aliphatic carbocycles. The van der Waals surface area contributed by atoms with Crippen molar-refractivity contribution in [2.45, 2.75) is 32.6 Å². The average molecular weight is 336 g/mol. The van der Waals surface area contributed by atoms with Gasteiger partial charge in [-0.1, -0.05) is 11.2 Å². The van der Waals surface area contributed by atoms with Gasteiger partial charge in [0.05, 0.1) is 0 Å². The largest absolute Gasteiger partial charge is 0.356 e. The molecule has 0 bridgehead atoms. The van der Waals surface area contributed by atoms with Gasteiger partial charge in [0, 0.05) is 43.9 Å². The molecule has 1 saturated heterocycles. The van der Waals surface area contributed by atoms with Crippen molar-refractivity contribution < 1.29 is 4.52 Å². The lowest BCUT2D eigenvalue weighted by atomic mass is 9.96. The van der Waals surface area contributed by atoms with E-state index in [1.54, 1.807) is 6.20 Å². The molecule has 1 fully saturated rings. The van der Waals surface area contributed by atoms with E-state index in [-0.39, 0.29) is 0 Å². The fourth-order valence-electron chi connectivity index (χ4n) is 3.17. The van der Waals surface area contributed by atoms with Gasteiger partial charge < -0.3 is 9.42 Å². The molecule has 0 aromatic carbocycles. The molecule has 4 heterocycles. The van der Waals surface area contributed by atoms with Gasteiger partial charge in [-0.05, 0) is 31.9 Å². The van der Waals surface area contributed by atoms with Crippen LogP contribution in [0.1, 0.15) is 36.2 Å². The highest BCUT2D eigenvalue weighted by Gasteiger charge is 2.25. The highest BCUT2D eigenvalue weighted by molar-refractivity contribution is 5.53. The van der Waals surface area contributed by atoms with Crippen LogP contribution in [0, 0.1) is 13.8 Å². The van der Waals surface area contributed by atoms with Crippen molar-refractivity contribution in [3.63, 3.8) is 0 Å². The number of anilines is 1. The molecule has 3 aromatic rings. The van der Waals surface area contributed by atoms with Gasteiger partial charge in [-0.3, -0.25) is 4.98 Å². The molecule has 7 nitrogen and oxygen atoms in total. The predicted molar refractivity (Wildman–Crippen MR) is 93.2 cm³/mol. The van der Waals surface area contributed by atoms with Gasteiger partial charge in [0.1, 0.15) is 11.5 Å². The summed E-state index contributed by atoms with van der Waals surface area (Å²) in [7, 11) is 0. The van der Waals surface area contributed by atoms with Crippen LogP contribution in [0.15, 0.2) is 35.0 Å². The van der Waals surface area contributed by atoms with E-state index in [4.69, 9.17) is 9.51 Å². The Bertz CT molecular complexity index is 855. The second-order valence-electron chi connectivity index (χ2n) is 6.34. The van der Waals surface area contributed by atoms with E-state index >= 15 is 0 Å². The summed E-state index contributed by atoms with van der Waals surface area (Å²) in [5, 5.41) is 4.07. The minimum Gasteiger partial charge on any atom is -0.356 e. The van der Waals surface area contributed by atoms with Crippen LogP contribution in [0.2, 0.25) is 0 Å². The summed E-state index contributed by atoms with van der Waals surface area (Å²) in [6.45, 7) is 5.65. The Labute approximate surface area is 146 Å². The zero-order valence-electron chi connectivity index (χ0n) is 14.4. The van der Waals surface area contributed by atoms with Gasteiger partial charge in [0.15, 0.2) is 11.6 Å². The first-order valence-corrected chi connectivity index (χ1v) is 8.51. The normalized spacial score (nSPS) is 15.5. The second-order valence-corrected chi connectivity index (χ2v) is 6.34. The summed E-state index contributed by atoms with van der Waals surface area (Å²) >= 11 is 0. The third-order valence-corrected chi connectivity index (χ3v) is 4.46. The molecule has 0 atom stereocenters. The average Bonchev–Trinajstić information content (AvgIpc) is 3.08. The molecule has 0 N–H and O–H groups in total. The molecule has 25 heavy (non-hydrogen) atoms. The lowest BCUT2D eigenvalue weighted by Gasteiger charge is -2.31. The molecular weight excluding hydrogens is 316 g/mol. The van der Waals surface area contributed by atoms with Crippen molar-refractivity contribution in [2.24, 2.45) is 0 Å². The quantitative estimate of drug-likeness (QED) is 0.727. The molecule has 1 aliphatic rings. The maximum absolute atomic E-state index is 5.11. The molecule has 7 heteroatoms. The van der Waals surface area contributed by atoms with Crippen LogP contribution in [0.25, 0.3) is 11.5 Å². The van der Waals surface area contributed by atoms with Gasteiger partial charge in [-0.2, -0.15) is 4.98 Å². The molecular formula is C18H20N6O. The molecule has 3 aromatic heterocycles. The SMILES string of the molecule is Cc1cc(N2CCC(c3noc(C)n3)CC2)nc(-c2ccccn2)n1. The summed E-state index contributed by atoms with van der Waals surface area (Å²) in [4.78, 5) is 20.3. The molecule has 0 unspecified atom stereocenters. The van der Waals surface area contributed by atoms with Crippen LogP contribution in [-0.2, 0) is 0 Å². The van der Waals surface area contributed by atoms with E-state index in [0.29, 0.717) is 17.6 Å². The lowest BCUT2D eigenvalue weighted by Crippen LogP contribution is -2.34. The van der Waals surface area contributed by atoms with E-state index in [9.17, 15) is 0 Å². The van der Waals surface area contributed by atoms with Crippen LogP contribution in [-0.4, -0.2) is 38.2 Å². The number of hydrogen-bond acceptors (Lipinski definition) is 7. The van der Waals surface area contributed by atoms with Crippen LogP contribution in [0.5, 0.6) is 0 Å². The lowest BCUT2D eigenvalue weighted by molar-refractivity contribution is 0.375. The number of aryl methyl sites for hydroxylation is 2. The van der Waals surface area contributed by atoms with Crippen molar-refractivity contribution in [1.29, 1.82) is 0 Å². The fourth-order valence-corrected chi connectivity index (χ4v) is 3.17. The molecule has 4 rings (SSSR count). The minimum absolute atomic E-state index is 0.354. The Hall–Kier alpha value is -2.83. The first kappa shape index (κ1) is 15.7. The second kappa shape index (κ2) is 6.58. The monoisotopic (exact) mass is 336 g/mol. The molecule has 0 radical (unpaired) electrons. The fraction of sp³-hybridized carbons (Fsp3) is 0.389. The minimum atomic E-state index is 0.354. The van der Waals surface area contributed by atoms with Crippen molar-refractivity contribution in [3.8, 4) is 11.5 Å². The van der Waals surface area contributed by atoms with Gasteiger partial charge >= 0.3 is 0 Å². The number of nitrogens with zero attached hydrogens (tertiary/aromatic N) is 6. The molecule has 0 saturated carbocycles. The zero-order valence-corrected chi connectivity index (χ0v) is 14.4. The number of piperidine rings is 1. The Morgan fingerprint density at radius 3 is 2.60 bits per heavy atom. The Balaban J connectivity index is 1.52. The first-order valence-electron chi connectivity index (χ1n) is 8.51. The maximum atomic E-state index is 5.11. The highest BCUT2D eigenvalue weighted by atomic mass is 16.5. The van der Waals surface area contributed by atoms with Crippen LogP contribution >= 0.6 is 0 Å². The highest BCUT2D eigenvalue weighted by Crippen LogP contribution is 2.29. The third-order valence-electron chi connectivity index (χ3n) is 4.46. The standard InChI is InChI=1S/C18H20N6O/c1-12-11-16(22-18(20-12)15-5-3-4-8-19-15)24-9-6-14(7-10-24)17-21-13(2)25-23-17/h3-5,8,11,14H,6-7,9-10H2,1-2H3. The smallest absolute Gasteiger partial charge is 0.223 e. The molecule has 128 valence electrons. The first-order chi connectivity index (χ1) is 12.2. The number of aromatic nitrogens is 5. The van der Waals surface area contributed by atoms with E-state index in [1.807, 2.05) is 38.1 Å². The van der Waals surface area contributed by atoms with Crippen molar-refractivity contribution >= 4 is 5.82 Å². The van der Waals surface area contributed by atoms with Gasteiger partial charge in [-0.25, -0.2) is 9.97 Å². The molecule has 0 spiro atoms. The number of hydrogen-bond donors (Lipinski definition) is 0. The maximum Gasteiger partial charge on any atom is 0.223 e. The summed E-state index contributed by atoms with van der Waals surface area (Å²) in [6, 6.07) is 7.81. The Morgan fingerprint density at radius 2 is 1.92 bits per heavy atom. The van der Waals surface area contributed by atoms with E-state index in [1.165, 1.54) is 0 Å². The van der Waals surface area contributed by atoms with Crippen LogP contribution in [0.3, 0.4) is 0 Å². The molecule has 1 aliphatic heterocycles. The number of rotatable bonds is 3. The van der Waals surface area contributed by atoms with Crippen LogP contribution < -0.4 is 4.90 Å². The van der Waals surface area contributed by atoms with Crippen molar-refractivity contribution in [1.82, 2.24) is 25.1 Å². The van der Waals surface area contributed by atoms with E-state index in [0.717, 1.165) is 49.0 Å². The van der Waals surface area contributed by atoms with Crippen molar-refractivity contribution in [2.75, 3.05) is 18.0 Å². The number of pyridine rings is 1. The van der Waals surface area contributed by atoms with Gasteiger partial charge in [-0.15, -0.1) is 0 Å². The van der Waals surface area contributed by atoms with E-state index in [2.05, 4.69) is 25.0 Å². The predicted octanol–water partition coefficient (Wildman–Crippen LogP) is 2.92. The van der Waals surface area contributed by atoms with Gasteiger partial charge in [0.25, 0.3) is 0 Å². The summed E-state index contributed by atoms with van der Waals surface area (Å²) in [6.07, 6.45) is 3.74. The van der Waals surface area contributed by atoms with Crippen molar-refractivity contribution in [3.05, 3.63) is 47.9 Å². The summed E-state index contributed by atoms with van der Waals surface area (Å²) in [5.41, 5.74) is 1.74. The zero-order chi connectivity index (χ0) is 17.2. The van der Waals surface area contributed by atoms with Crippen LogP contribution in [0.4, 0.5) is 5.82 Å². The summed E-state index contributed by atoms with van der Waals surface area (Å²) < 4.78 is 5.11. The van der Waals surface area contributed by atoms with Gasteiger partial charge in [0.2, 0.25) is 5.89 Å². The molecule has 0 amide bonds. The summed E-state index contributed by atoms with van der Waals surface area (Å²) in [5.74, 6) is 3.43. The van der Waals surface area contributed by atoms with E-state index < -0.39 is 0 Å². The third kappa shape index (κ3) is 3.35. The Kier molecular flexibility index (Phi) is 4.13.